The smallest absolute Gasteiger partial charge is 0.122 e. The third kappa shape index (κ3) is 3.04. The van der Waals surface area contributed by atoms with Gasteiger partial charge in [-0.05, 0) is 37.1 Å². The number of hydrogen-bond acceptors (Lipinski definition) is 2. The van der Waals surface area contributed by atoms with E-state index in [1.165, 1.54) is 5.56 Å². The van der Waals surface area contributed by atoms with Gasteiger partial charge in [0.25, 0.3) is 0 Å². The van der Waals surface area contributed by atoms with Crippen molar-refractivity contribution >= 4 is 0 Å². The lowest BCUT2D eigenvalue weighted by Crippen LogP contribution is -2.02. The van der Waals surface area contributed by atoms with Gasteiger partial charge in [0.2, 0.25) is 0 Å². The highest BCUT2D eigenvalue weighted by Crippen LogP contribution is 2.20. The Bertz CT molecular complexity index is 532. The molecule has 0 unspecified atom stereocenters. The van der Waals surface area contributed by atoms with E-state index in [1.807, 2.05) is 37.3 Å². The molecule has 0 bridgehead atoms. The Hall–Kier alpha value is -1.96. The van der Waals surface area contributed by atoms with Gasteiger partial charge in [-0.25, -0.2) is 0 Å². The third-order valence-electron chi connectivity index (χ3n) is 2.95. The number of aryl methyl sites for hydroxylation is 2. The maximum atomic E-state index is 9.64. The average molecular weight is 242 g/mol. The van der Waals surface area contributed by atoms with E-state index in [-0.39, 0.29) is 0 Å². The number of para-hydroxylation sites is 1. The summed E-state index contributed by atoms with van der Waals surface area (Å²) in [5, 5.41) is 9.64. The van der Waals surface area contributed by atoms with Crippen LogP contribution in [0.5, 0.6) is 11.5 Å². The van der Waals surface area contributed by atoms with E-state index in [0.717, 1.165) is 16.9 Å². The Kier molecular flexibility index (Phi) is 3.88. The van der Waals surface area contributed by atoms with Crippen LogP contribution in [0.1, 0.15) is 16.7 Å². The first-order valence-corrected chi connectivity index (χ1v) is 6.14. The lowest BCUT2D eigenvalue weighted by molar-refractivity contribution is 0.317. The summed E-state index contributed by atoms with van der Waals surface area (Å²) in [6.07, 6.45) is 0.708. The second kappa shape index (κ2) is 5.58. The molecule has 0 heterocycles. The topological polar surface area (TPSA) is 29.5 Å². The minimum Gasteiger partial charge on any atom is -0.508 e. The first-order chi connectivity index (χ1) is 8.66. The molecule has 2 aromatic rings. The third-order valence-corrected chi connectivity index (χ3v) is 2.95. The van der Waals surface area contributed by atoms with Crippen molar-refractivity contribution in [1.29, 1.82) is 0 Å². The zero-order chi connectivity index (χ0) is 13.0. The minimum atomic E-state index is 0.335. The fourth-order valence-corrected chi connectivity index (χ4v) is 1.95. The maximum absolute atomic E-state index is 9.64. The van der Waals surface area contributed by atoms with Crippen molar-refractivity contribution in [2.24, 2.45) is 0 Å². The summed E-state index contributed by atoms with van der Waals surface area (Å²) in [5.74, 6) is 1.25. The molecule has 2 rings (SSSR count). The van der Waals surface area contributed by atoms with Crippen molar-refractivity contribution in [2.45, 2.75) is 20.3 Å². The van der Waals surface area contributed by atoms with Crippen LogP contribution in [0.2, 0.25) is 0 Å². The molecule has 0 spiro atoms. The summed E-state index contributed by atoms with van der Waals surface area (Å²) in [5.41, 5.74) is 3.30. The number of phenols is 1. The van der Waals surface area contributed by atoms with Crippen molar-refractivity contribution < 1.29 is 9.84 Å². The van der Waals surface area contributed by atoms with Gasteiger partial charge in [0, 0.05) is 6.42 Å². The van der Waals surface area contributed by atoms with Crippen LogP contribution in [0.15, 0.2) is 42.5 Å². The van der Waals surface area contributed by atoms with Gasteiger partial charge in [-0.1, -0.05) is 35.9 Å². The van der Waals surface area contributed by atoms with Crippen LogP contribution >= 0.6 is 0 Å². The molecule has 0 aromatic heterocycles. The summed E-state index contributed by atoms with van der Waals surface area (Å²) in [6.45, 7) is 4.68. The summed E-state index contributed by atoms with van der Waals surface area (Å²) >= 11 is 0. The molecule has 0 radical (unpaired) electrons. The molecule has 0 atom stereocenters. The van der Waals surface area contributed by atoms with Crippen molar-refractivity contribution in [2.75, 3.05) is 6.61 Å². The molecule has 2 aromatic carbocycles. The fraction of sp³-hybridized carbons (Fsp3) is 0.250. The molecule has 0 aliphatic heterocycles. The summed E-state index contributed by atoms with van der Waals surface area (Å²) in [4.78, 5) is 0. The second-order valence-corrected chi connectivity index (χ2v) is 4.50. The zero-order valence-electron chi connectivity index (χ0n) is 10.8. The highest BCUT2D eigenvalue weighted by atomic mass is 16.5. The van der Waals surface area contributed by atoms with Gasteiger partial charge in [0.05, 0.1) is 6.61 Å². The van der Waals surface area contributed by atoms with E-state index in [4.69, 9.17) is 4.74 Å². The number of hydrogen-bond donors (Lipinski definition) is 1. The van der Waals surface area contributed by atoms with E-state index in [9.17, 15) is 5.11 Å². The second-order valence-electron chi connectivity index (χ2n) is 4.50. The van der Waals surface area contributed by atoms with Crippen LogP contribution in [0.3, 0.4) is 0 Å². The normalized spacial score (nSPS) is 10.3. The minimum absolute atomic E-state index is 0.335. The molecule has 1 N–H and O–H groups in total. The Morgan fingerprint density at radius 2 is 1.83 bits per heavy atom. The SMILES string of the molecule is Cc1ccc(OCCc2ccccc2O)c(C)c1. The Morgan fingerprint density at radius 1 is 1.06 bits per heavy atom. The molecule has 2 nitrogen and oxygen atoms in total. The van der Waals surface area contributed by atoms with Crippen molar-refractivity contribution in [3.63, 3.8) is 0 Å². The van der Waals surface area contributed by atoms with E-state index < -0.39 is 0 Å². The molecule has 0 aliphatic carbocycles. The predicted molar refractivity (Wildman–Crippen MR) is 73.2 cm³/mol. The quantitative estimate of drug-likeness (QED) is 0.887. The molecule has 0 saturated heterocycles. The van der Waals surface area contributed by atoms with Crippen LogP contribution < -0.4 is 4.74 Å². The molecule has 18 heavy (non-hydrogen) atoms. The highest BCUT2D eigenvalue weighted by Gasteiger charge is 2.02. The Balaban J connectivity index is 1.95. The predicted octanol–water partition coefficient (Wildman–Crippen LogP) is 3.63. The Morgan fingerprint density at radius 3 is 2.56 bits per heavy atom. The zero-order valence-corrected chi connectivity index (χ0v) is 10.8. The molecule has 0 amide bonds. The van der Waals surface area contributed by atoms with Gasteiger partial charge in [0.1, 0.15) is 11.5 Å². The van der Waals surface area contributed by atoms with Gasteiger partial charge < -0.3 is 9.84 Å². The number of rotatable bonds is 4. The van der Waals surface area contributed by atoms with Crippen LogP contribution in [-0.4, -0.2) is 11.7 Å². The number of benzene rings is 2. The van der Waals surface area contributed by atoms with E-state index in [1.54, 1.807) is 6.07 Å². The van der Waals surface area contributed by atoms with Crippen LogP contribution in [0.25, 0.3) is 0 Å². The van der Waals surface area contributed by atoms with Crippen LogP contribution in [0, 0.1) is 13.8 Å². The first kappa shape index (κ1) is 12.5. The highest BCUT2D eigenvalue weighted by molar-refractivity contribution is 5.36. The summed E-state index contributed by atoms with van der Waals surface area (Å²) in [7, 11) is 0. The molecular weight excluding hydrogens is 224 g/mol. The molecule has 0 fully saturated rings. The molecule has 94 valence electrons. The summed E-state index contributed by atoms with van der Waals surface area (Å²) < 4.78 is 5.74. The molecule has 0 aliphatic rings. The van der Waals surface area contributed by atoms with Gasteiger partial charge in [-0.3, -0.25) is 0 Å². The summed E-state index contributed by atoms with van der Waals surface area (Å²) in [6, 6.07) is 13.5. The standard InChI is InChI=1S/C16H18O2/c1-12-7-8-16(13(2)11-12)18-10-9-14-5-3-4-6-15(14)17/h3-8,11,17H,9-10H2,1-2H3. The van der Waals surface area contributed by atoms with E-state index >= 15 is 0 Å². The molecule has 0 saturated carbocycles. The number of ether oxygens (including phenoxy) is 1. The lowest BCUT2D eigenvalue weighted by atomic mass is 10.1. The molecular formula is C16H18O2. The number of phenolic OH excluding ortho intramolecular Hbond substituents is 1. The lowest BCUT2D eigenvalue weighted by Gasteiger charge is -2.10. The van der Waals surface area contributed by atoms with Gasteiger partial charge in [-0.15, -0.1) is 0 Å². The Labute approximate surface area is 108 Å². The fourth-order valence-electron chi connectivity index (χ4n) is 1.95. The first-order valence-electron chi connectivity index (χ1n) is 6.14. The van der Waals surface area contributed by atoms with Crippen LogP contribution in [0.4, 0.5) is 0 Å². The van der Waals surface area contributed by atoms with Gasteiger partial charge in [0.15, 0.2) is 0 Å². The van der Waals surface area contributed by atoms with Gasteiger partial charge >= 0.3 is 0 Å². The average Bonchev–Trinajstić information content (AvgIpc) is 2.34. The van der Waals surface area contributed by atoms with Gasteiger partial charge in [-0.2, -0.15) is 0 Å². The largest absolute Gasteiger partial charge is 0.508 e. The van der Waals surface area contributed by atoms with Crippen molar-refractivity contribution in [3.05, 3.63) is 59.2 Å². The van der Waals surface area contributed by atoms with Crippen LogP contribution in [-0.2, 0) is 6.42 Å². The van der Waals surface area contributed by atoms with E-state index in [0.29, 0.717) is 18.8 Å². The van der Waals surface area contributed by atoms with Crippen molar-refractivity contribution in [3.8, 4) is 11.5 Å². The maximum Gasteiger partial charge on any atom is 0.122 e. The molecule has 2 heteroatoms. The van der Waals surface area contributed by atoms with Crippen molar-refractivity contribution in [1.82, 2.24) is 0 Å². The van der Waals surface area contributed by atoms with E-state index in [2.05, 4.69) is 13.0 Å². The monoisotopic (exact) mass is 242 g/mol. The number of aromatic hydroxyl groups is 1.